The van der Waals surface area contributed by atoms with Gasteiger partial charge in [0.05, 0.1) is 19.8 Å². The summed E-state index contributed by atoms with van der Waals surface area (Å²) >= 11 is 0. The Kier molecular flexibility index (Phi) is 7.97. The van der Waals surface area contributed by atoms with E-state index in [-0.39, 0.29) is 55.8 Å². The normalized spacial score (nSPS) is 47.0. The van der Waals surface area contributed by atoms with Crippen LogP contribution in [0.1, 0.15) is 105 Å². The van der Waals surface area contributed by atoms with E-state index in [1.54, 1.807) is 0 Å². The zero-order valence-corrected chi connectivity index (χ0v) is 26.4. The van der Waals surface area contributed by atoms with Crippen molar-refractivity contribution < 1.29 is 28.9 Å². The first-order chi connectivity index (χ1) is 19.4. The van der Waals surface area contributed by atoms with Crippen molar-refractivity contribution in [1.29, 1.82) is 0 Å². The Morgan fingerprint density at radius 1 is 0.854 bits per heavy atom. The summed E-state index contributed by atoms with van der Waals surface area (Å²) in [6, 6.07) is 0. The summed E-state index contributed by atoms with van der Waals surface area (Å²) in [5.74, 6) is 5.37. The fourth-order valence-corrected chi connectivity index (χ4v) is 11.3. The van der Waals surface area contributed by atoms with E-state index in [1.165, 1.54) is 64.2 Å². The van der Waals surface area contributed by atoms with Crippen molar-refractivity contribution in [2.75, 3.05) is 33.0 Å². The maximum Gasteiger partial charge on any atom is 0.332 e. The van der Waals surface area contributed by atoms with Crippen LogP contribution in [-0.4, -0.2) is 55.5 Å². The van der Waals surface area contributed by atoms with Gasteiger partial charge in [0.25, 0.3) is 0 Å². The van der Waals surface area contributed by atoms with Gasteiger partial charge in [-0.25, -0.2) is 4.79 Å². The number of hydrogen-bond acceptors (Lipinski definition) is 6. The molecule has 6 fully saturated rings. The van der Waals surface area contributed by atoms with Gasteiger partial charge in [0.2, 0.25) is 0 Å². The van der Waals surface area contributed by atoms with Gasteiger partial charge in [-0.1, -0.05) is 34.1 Å². The van der Waals surface area contributed by atoms with Crippen LogP contribution in [0.4, 0.5) is 0 Å². The fourth-order valence-electron chi connectivity index (χ4n) is 11.3. The number of Topliss-reactive ketones (excluding diaryl/α,β-unsaturated/α-hetero) is 1. The molecule has 0 aromatic heterocycles. The van der Waals surface area contributed by atoms with Gasteiger partial charge < -0.3 is 19.3 Å². The Bertz CT molecular complexity index is 983. The first-order valence-electron chi connectivity index (χ1n) is 16.9. The highest BCUT2D eigenvalue weighted by atomic mass is 16.6. The molecule has 41 heavy (non-hydrogen) atoms. The second-order valence-corrected chi connectivity index (χ2v) is 16.7. The summed E-state index contributed by atoms with van der Waals surface area (Å²) in [4.78, 5) is 26.0. The molecule has 0 saturated heterocycles. The Morgan fingerprint density at radius 3 is 2.12 bits per heavy atom. The van der Waals surface area contributed by atoms with Gasteiger partial charge in [0.15, 0.2) is 5.78 Å². The predicted octanol–water partition coefficient (Wildman–Crippen LogP) is 6.22. The fraction of sp³-hybridized carbons (Fsp3) is 0.943. The summed E-state index contributed by atoms with van der Waals surface area (Å²) < 4.78 is 17.9. The van der Waals surface area contributed by atoms with Crippen molar-refractivity contribution in [3.63, 3.8) is 0 Å². The molecule has 10 unspecified atom stereocenters. The van der Waals surface area contributed by atoms with E-state index in [9.17, 15) is 14.7 Å². The zero-order chi connectivity index (χ0) is 29.2. The van der Waals surface area contributed by atoms with E-state index in [0.717, 1.165) is 23.7 Å². The number of fused-ring (bicyclic) bond motifs is 4. The van der Waals surface area contributed by atoms with Crippen molar-refractivity contribution in [3.05, 3.63) is 0 Å². The van der Waals surface area contributed by atoms with Gasteiger partial charge >= 0.3 is 5.97 Å². The maximum absolute atomic E-state index is 13.1. The van der Waals surface area contributed by atoms with Crippen molar-refractivity contribution in [3.8, 4) is 0 Å². The molecule has 6 heteroatoms. The van der Waals surface area contributed by atoms with Crippen molar-refractivity contribution in [2.45, 2.75) is 111 Å². The Morgan fingerprint density at radius 2 is 1.49 bits per heavy atom. The van der Waals surface area contributed by atoms with E-state index < -0.39 is 5.41 Å². The van der Waals surface area contributed by atoms with Crippen LogP contribution in [0.5, 0.6) is 0 Å². The van der Waals surface area contributed by atoms with Gasteiger partial charge in [-0.3, -0.25) is 4.79 Å². The predicted molar refractivity (Wildman–Crippen MR) is 157 cm³/mol. The van der Waals surface area contributed by atoms with Crippen molar-refractivity contribution in [2.24, 2.45) is 63.6 Å². The molecular weight excluding hydrogens is 516 g/mol. The van der Waals surface area contributed by atoms with Crippen molar-refractivity contribution in [1.82, 2.24) is 0 Å². The van der Waals surface area contributed by atoms with Crippen LogP contribution in [0.25, 0.3) is 0 Å². The molecule has 1 spiro atoms. The topological polar surface area (TPSA) is 82.1 Å². The molecule has 0 aliphatic heterocycles. The molecule has 0 aromatic carbocycles. The van der Waals surface area contributed by atoms with E-state index in [0.29, 0.717) is 35.5 Å². The molecule has 1 N–H and O–H groups in total. The van der Waals surface area contributed by atoms with E-state index >= 15 is 0 Å². The Labute approximate surface area is 248 Å². The molecule has 232 valence electrons. The highest BCUT2D eigenvalue weighted by molar-refractivity contribution is 5.80. The second kappa shape index (κ2) is 10.9. The smallest absolute Gasteiger partial charge is 0.332 e. The lowest BCUT2D eigenvalue weighted by atomic mass is 9.51. The quantitative estimate of drug-likeness (QED) is 0.264. The molecular formula is C35H56O6. The number of carbonyl (C=O) groups excluding carboxylic acids is 2. The number of carbonyl (C=O) groups is 2. The average Bonchev–Trinajstić information content (AvgIpc) is 3.34. The molecule has 10 atom stereocenters. The molecule has 6 aliphatic carbocycles. The molecule has 6 saturated carbocycles. The van der Waals surface area contributed by atoms with E-state index in [4.69, 9.17) is 14.2 Å². The first-order valence-corrected chi connectivity index (χ1v) is 16.9. The van der Waals surface area contributed by atoms with Crippen LogP contribution in [-0.2, 0) is 23.8 Å². The lowest BCUT2D eigenvalue weighted by Gasteiger charge is -2.53. The zero-order valence-electron chi connectivity index (χ0n) is 26.4. The first kappa shape index (κ1) is 30.1. The molecule has 0 amide bonds. The van der Waals surface area contributed by atoms with Crippen LogP contribution < -0.4 is 0 Å². The maximum atomic E-state index is 13.1. The van der Waals surface area contributed by atoms with Crippen LogP contribution >= 0.6 is 0 Å². The standard InChI is InChI=1S/C35H56O6/c1-6-23-8-24-7-22(2)33(4,25(9-23)10-24)16-30(37)17-39-20-32(3,19-36)21-40-18-31(38)41-34(5)28-12-26-11-27-13-29(34)15-35(26,27)14-28/h22-29,36H,6-21H2,1-5H3. The molecule has 0 radical (unpaired) electrons. The lowest BCUT2D eigenvalue weighted by Crippen LogP contribution is -2.48. The van der Waals surface area contributed by atoms with Gasteiger partial charge in [-0.2, -0.15) is 0 Å². The SMILES string of the molecule is CCC1CC2CC(C)C(C)(CC(=O)COCC(C)(CO)COCC(=O)OC3(C)C4CC5CC6CC3CC56C4)C(C1)C2. The summed E-state index contributed by atoms with van der Waals surface area (Å²) in [6.45, 7) is 11.3. The summed E-state index contributed by atoms with van der Waals surface area (Å²) in [6.07, 6.45) is 13.3. The summed E-state index contributed by atoms with van der Waals surface area (Å²) in [7, 11) is 0. The second-order valence-electron chi connectivity index (χ2n) is 16.7. The van der Waals surface area contributed by atoms with E-state index in [2.05, 4.69) is 27.7 Å². The van der Waals surface area contributed by atoms with E-state index in [1.807, 2.05) is 6.92 Å². The molecule has 6 aliphatic rings. The average molecular weight is 573 g/mol. The van der Waals surface area contributed by atoms with Crippen molar-refractivity contribution >= 4 is 11.8 Å². The number of rotatable bonds is 13. The third-order valence-corrected chi connectivity index (χ3v) is 14.1. The van der Waals surface area contributed by atoms with Crippen LogP contribution in [0.15, 0.2) is 0 Å². The molecule has 0 heterocycles. The summed E-state index contributed by atoms with van der Waals surface area (Å²) in [5, 5.41) is 10.1. The summed E-state index contributed by atoms with van der Waals surface area (Å²) in [5.41, 5.74) is -0.409. The largest absolute Gasteiger partial charge is 0.457 e. The van der Waals surface area contributed by atoms with Gasteiger partial charge in [0.1, 0.15) is 18.8 Å². The third-order valence-electron chi connectivity index (χ3n) is 14.1. The minimum Gasteiger partial charge on any atom is -0.457 e. The number of esters is 1. The van der Waals surface area contributed by atoms with Crippen LogP contribution in [0.2, 0.25) is 0 Å². The van der Waals surface area contributed by atoms with Crippen LogP contribution in [0, 0.1) is 63.6 Å². The monoisotopic (exact) mass is 572 g/mol. The number of aliphatic hydroxyl groups excluding tert-OH is 1. The molecule has 5 bridgehead atoms. The minimum atomic E-state index is -0.681. The lowest BCUT2D eigenvalue weighted by molar-refractivity contribution is -0.181. The molecule has 0 aromatic rings. The van der Waals surface area contributed by atoms with Gasteiger partial charge in [-0.05, 0) is 123 Å². The van der Waals surface area contributed by atoms with Gasteiger partial charge in [-0.15, -0.1) is 0 Å². The number of ether oxygens (including phenoxy) is 3. The molecule has 6 nitrogen and oxygen atoms in total. The molecule has 6 rings (SSSR count). The van der Waals surface area contributed by atoms with Gasteiger partial charge in [0, 0.05) is 11.8 Å². The number of hydrogen-bond donors (Lipinski definition) is 1. The Hall–Kier alpha value is -0.980. The number of aliphatic hydroxyl groups is 1. The number of ketones is 1. The highest BCUT2D eigenvalue weighted by Gasteiger charge is 2.73. The Balaban J connectivity index is 0.937. The van der Waals surface area contributed by atoms with Crippen LogP contribution in [0.3, 0.4) is 0 Å². The minimum absolute atomic E-state index is 0.0441. The third kappa shape index (κ3) is 5.14. The highest BCUT2D eigenvalue weighted by Crippen LogP contribution is 2.77.